The summed E-state index contributed by atoms with van der Waals surface area (Å²) in [4.78, 5) is 9.18. The number of nitrogens with zero attached hydrogens (tertiary/aromatic N) is 3. The Bertz CT molecular complexity index is 792. The maximum absolute atomic E-state index is 5.35. The molecule has 6 nitrogen and oxygen atoms in total. The van der Waals surface area contributed by atoms with Gasteiger partial charge in [-0.3, -0.25) is 4.99 Å². The van der Waals surface area contributed by atoms with Crippen LogP contribution in [-0.2, 0) is 17.9 Å². The van der Waals surface area contributed by atoms with E-state index in [-0.39, 0.29) is 24.0 Å². The van der Waals surface area contributed by atoms with Gasteiger partial charge >= 0.3 is 0 Å². The van der Waals surface area contributed by atoms with Gasteiger partial charge in [0.2, 0.25) is 0 Å². The predicted molar refractivity (Wildman–Crippen MR) is 130 cm³/mol. The van der Waals surface area contributed by atoms with E-state index in [0.29, 0.717) is 6.61 Å². The number of hydrogen-bond acceptors (Lipinski definition) is 4. The van der Waals surface area contributed by atoms with Gasteiger partial charge in [0, 0.05) is 58.6 Å². The molecule has 0 unspecified atom stereocenters. The van der Waals surface area contributed by atoms with Gasteiger partial charge in [-0.2, -0.15) is 0 Å². The van der Waals surface area contributed by atoms with E-state index in [1.807, 2.05) is 19.2 Å². The minimum absolute atomic E-state index is 0. The van der Waals surface area contributed by atoms with Crippen molar-refractivity contribution in [3.63, 3.8) is 0 Å². The summed E-state index contributed by atoms with van der Waals surface area (Å²) in [5.41, 5.74) is 3.62. The van der Waals surface area contributed by atoms with Crippen molar-refractivity contribution in [3.8, 4) is 5.75 Å². The number of guanidine groups is 1. The van der Waals surface area contributed by atoms with E-state index in [1.165, 1.54) is 16.8 Å². The minimum atomic E-state index is 0. The van der Waals surface area contributed by atoms with Crippen LogP contribution >= 0.6 is 24.0 Å². The van der Waals surface area contributed by atoms with Gasteiger partial charge < -0.3 is 24.6 Å². The first-order valence-corrected chi connectivity index (χ1v) is 9.65. The molecular weight excluding hydrogens is 479 g/mol. The zero-order chi connectivity index (χ0) is 19.8. The quantitative estimate of drug-likeness (QED) is 0.367. The second-order valence-electron chi connectivity index (χ2n) is 6.83. The van der Waals surface area contributed by atoms with Crippen LogP contribution in [0, 0.1) is 0 Å². The normalized spacial score (nSPS) is 14.4. The largest absolute Gasteiger partial charge is 0.497 e. The van der Waals surface area contributed by atoms with Gasteiger partial charge in [-0.1, -0.05) is 30.3 Å². The molecule has 1 aliphatic rings. The van der Waals surface area contributed by atoms with Gasteiger partial charge in [-0.15, -0.1) is 24.0 Å². The zero-order valence-corrected chi connectivity index (χ0v) is 19.8. The van der Waals surface area contributed by atoms with Crippen LogP contribution in [0.5, 0.6) is 5.75 Å². The maximum atomic E-state index is 5.35. The number of nitrogens with one attached hydrogen (secondary N) is 1. The Morgan fingerprint density at radius 3 is 2.41 bits per heavy atom. The van der Waals surface area contributed by atoms with Crippen molar-refractivity contribution in [1.82, 2.24) is 10.2 Å². The van der Waals surface area contributed by atoms with Crippen LogP contribution in [0.4, 0.5) is 5.69 Å². The zero-order valence-electron chi connectivity index (χ0n) is 17.4. The summed E-state index contributed by atoms with van der Waals surface area (Å²) >= 11 is 0. The standard InChI is InChI=1S/C22H30N4O2.HI/c1-23-22(24-16-18-6-4-7-19(14-18)17-27-2)26-12-10-25(11-13-26)20-8-5-9-21(15-20)28-3;/h4-9,14-15H,10-13,16-17H2,1-3H3,(H,23,24);1H. The van der Waals surface area contributed by atoms with Crippen molar-refractivity contribution < 1.29 is 9.47 Å². The molecule has 29 heavy (non-hydrogen) atoms. The number of benzene rings is 2. The highest BCUT2D eigenvalue weighted by molar-refractivity contribution is 14.0. The van der Waals surface area contributed by atoms with E-state index in [0.717, 1.165) is 44.4 Å². The summed E-state index contributed by atoms with van der Waals surface area (Å²) in [7, 11) is 5.27. The smallest absolute Gasteiger partial charge is 0.194 e. The Labute approximate surface area is 190 Å². The molecule has 1 saturated heterocycles. The lowest BCUT2D eigenvalue weighted by Crippen LogP contribution is -2.52. The van der Waals surface area contributed by atoms with Gasteiger partial charge in [-0.25, -0.2) is 0 Å². The fourth-order valence-electron chi connectivity index (χ4n) is 3.49. The number of rotatable bonds is 6. The fourth-order valence-corrected chi connectivity index (χ4v) is 3.49. The third-order valence-corrected chi connectivity index (χ3v) is 4.96. The fraction of sp³-hybridized carbons (Fsp3) is 0.409. The molecule has 1 fully saturated rings. The van der Waals surface area contributed by atoms with Crippen LogP contribution < -0.4 is 15.0 Å². The van der Waals surface area contributed by atoms with E-state index < -0.39 is 0 Å². The molecule has 0 spiro atoms. The second kappa shape index (κ2) is 11.9. The highest BCUT2D eigenvalue weighted by atomic mass is 127. The molecule has 0 saturated carbocycles. The first-order chi connectivity index (χ1) is 13.7. The monoisotopic (exact) mass is 510 g/mol. The minimum Gasteiger partial charge on any atom is -0.497 e. The topological polar surface area (TPSA) is 49.3 Å². The molecule has 3 rings (SSSR count). The Hall–Kier alpha value is -2.00. The molecule has 7 heteroatoms. The molecule has 1 aliphatic heterocycles. The number of halogens is 1. The van der Waals surface area contributed by atoms with Crippen LogP contribution in [0.3, 0.4) is 0 Å². The number of hydrogen-bond donors (Lipinski definition) is 1. The van der Waals surface area contributed by atoms with Gasteiger partial charge in [0.1, 0.15) is 5.75 Å². The summed E-state index contributed by atoms with van der Waals surface area (Å²) in [6, 6.07) is 16.7. The van der Waals surface area contributed by atoms with Crippen LogP contribution in [0.15, 0.2) is 53.5 Å². The SMILES string of the molecule is CN=C(NCc1cccc(COC)c1)N1CCN(c2cccc(OC)c2)CC1.I. The highest BCUT2D eigenvalue weighted by Crippen LogP contribution is 2.22. The lowest BCUT2D eigenvalue weighted by molar-refractivity contribution is 0.185. The van der Waals surface area contributed by atoms with Gasteiger partial charge in [0.25, 0.3) is 0 Å². The number of piperazine rings is 1. The molecule has 0 aliphatic carbocycles. The van der Waals surface area contributed by atoms with Crippen molar-refractivity contribution in [2.45, 2.75) is 13.2 Å². The summed E-state index contributed by atoms with van der Waals surface area (Å²) in [5, 5.41) is 3.49. The summed E-state index contributed by atoms with van der Waals surface area (Å²) in [5.74, 6) is 1.84. The number of ether oxygens (including phenoxy) is 2. The molecule has 1 N–H and O–H groups in total. The van der Waals surface area contributed by atoms with Gasteiger partial charge in [0.05, 0.1) is 13.7 Å². The molecule has 0 atom stereocenters. The van der Waals surface area contributed by atoms with E-state index in [9.17, 15) is 0 Å². The molecule has 2 aromatic rings. The number of aliphatic imine (C=N–C) groups is 1. The average molecular weight is 510 g/mol. The second-order valence-corrected chi connectivity index (χ2v) is 6.83. The molecule has 0 bridgehead atoms. The Balaban J connectivity index is 0.00000300. The summed E-state index contributed by atoms with van der Waals surface area (Å²) < 4.78 is 10.6. The van der Waals surface area contributed by atoms with Crippen molar-refractivity contribution in [2.24, 2.45) is 4.99 Å². The van der Waals surface area contributed by atoms with Crippen molar-refractivity contribution in [1.29, 1.82) is 0 Å². The summed E-state index contributed by atoms with van der Waals surface area (Å²) in [6.07, 6.45) is 0. The lowest BCUT2D eigenvalue weighted by atomic mass is 10.1. The van der Waals surface area contributed by atoms with Gasteiger partial charge in [-0.05, 0) is 23.3 Å². The Kier molecular flexibility index (Phi) is 9.53. The van der Waals surface area contributed by atoms with Crippen LogP contribution in [0.1, 0.15) is 11.1 Å². The molecule has 0 amide bonds. The van der Waals surface area contributed by atoms with Gasteiger partial charge in [0.15, 0.2) is 5.96 Å². The maximum Gasteiger partial charge on any atom is 0.194 e. The van der Waals surface area contributed by atoms with Crippen LogP contribution in [-0.4, -0.2) is 58.3 Å². The van der Waals surface area contributed by atoms with Crippen molar-refractivity contribution in [3.05, 3.63) is 59.7 Å². The Morgan fingerprint density at radius 2 is 1.72 bits per heavy atom. The van der Waals surface area contributed by atoms with E-state index >= 15 is 0 Å². The third kappa shape index (κ3) is 6.50. The first-order valence-electron chi connectivity index (χ1n) is 9.65. The van der Waals surface area contributed by atoms with E-state index in [1.54, 1.807) is 14.2 Å². The van der Waals surface area contributed by atoms with Crippen molar-refractivity contribution >= 4 is 35.6 Å². The highest BCUT2D eigenvalue weighted by Gasteiger charge is 2.20. The molecular formula is C22H31IN4O2. The molecule has 1 heterocycles. The van der Waals surface area contributed by atoms with Crippen LogP contribution in [0.2, 0.25) is 0 Å². The molecule has 0 radical (unpaired) electrons. The van der Waals surface area contributed by atoms with Crippen molar-refractivity contribution in [2.75, 3.05) is 52.3 Å². The number of methoxy groups -OCH3 is 2. The first kappa shape index (κ1) is 23.3. The van der Waals surface area contributed by atoms with E-state index in [4.69, 9.17) is 9.47 Å². The third-order valence-electron chi connectivity index (χ3n) is 4.96. The molecule has 158 valence electrons. The molecule has 2 aromatic carbocycles. The van der Waals surface area contributed by atoms with Crippen LogP contribution in [0.25, 0.3) is 0 Å². The Morgan fingerprint density at radius 1 is 1.00 bits per heavy atom. The molecule has 0 aromatic heterocycles. The summed E-state index contributed by atoms with van der Waals surface area (Å²) in [6.45, 7) is 5.16. The average Bonchev–Trinajstić information content (AvgIpc) is 2.75. The number of anilines is 1. The lowest BCUT2D eigenvalue weighted by Gasteiger charge is -2.37. The predicted octanol–water partition coefficient (Wildman–Crippen LogP) is 3.36. The van der Waals surface area contributed by atoms with E-state index in [2.05, 4.69) is 56.5 Å².